The Labute approximate surface area is 260 Å². The van der Waals surface area contributed by atoms with Crippen molar-refractivity contribution in [2.75, 3.05) is 16.8 Å². The van der Waals surface area contributed by atoms with E-state index in [4.69, 9.17) is 9.47 Å². The van der Waals surface area contributed by atoms with E-state index in [-0.39, 0.29) is 11.5 Å². The van der Waals surface area contributed by atoms with Crippen molar-refractivity contribution in [2.45, 2.75) is 58.9 Å². The van der Waals surface area contributed by atoms with Crippen LogP contribution in [0.25, 0.3) is 28.3 Å². The highest BCUT2D eigenvalue weighted by molar-refractivity contribution is 6.09. The van der Waals surface area contributed by atoms with E-state index in [1.807, 2.05) is 0 Å². The number of pyridine rings is 1. The van der Waals surface area contributed by atoms with Gasteiger partial charge in [-0.2, -0.15) is 18.1 Å². The number of fused-ring (bicyclic) bond motifs is 1. The van der Waals surface area contributed by atoms with E-state index in [1.165, 1.54) is 12.3 Å². The van der Waals surface area contributed by atoms with Crippen molar-refractivity contribution < 1.29 is 41.4 Å². The van der Waals surface area contributed by atoms with Crippen LogP contribution in [0.4, 0.5) is 43.5 Å². The molecule has 4 aromatic rings. The molecule has 12 nitrogen and oxygen atoms in total. The number of hydrogen-bond donors (Lipinski definition) is 2. The topological polar surface area (TPSA) is 140 Å². The van der Waals surface area contributed by atoms with Gasteiger partial charge in [0.25, 0.3) is 0 Å². The Kier molecular flexibility index (Phi) is 9.21. The van der Waals surface area contributed by atoms with Crippen LogP contribution in [-0.4, -0.2) is 61.5 Å². The van der Waals surface area contributed by atoms with Gasteiger partial charge in [0.15, 0.2) is 17.5 Å². The van der Waals surface area contributed by atoms with Gasteiger partial charge in [0, 0.05) is 23.0 Å². The molecule has 3 heterocycles. The molecule has 46 heavy (non-hydrogen) atoms. The molecule has 0 spiro atoms. The number of carbonyl (C=O) groups excluding carboxylic acids is 3. The van der Waals surface area contributed by atoms with Crippen molar-refractivity contribution in [1.29, 1.82) is 0 Å². The molecule has 0 fully saturated rings. The summed E-state index contributed by atoms with van der Waals surface area (Å²) in [6.07, 6.45) is -2.99. The molecule has 0 unspecified atom stereocenters. The van der Waals surface area contributed by atoms with Gasteiger partial charge in [-0.3, -0.25) is 4.40 Å². The van der Waals surface area contributed by atoms with Crippen molar-refractivity contribution in [3.8, 4) is 22.6 Å². The second-order valence-corrected chi connectivity index (χ2v) is 12.0. The lowest BCUT2D eigenvalue weighted by Crippen LogP contribution is -2.44. The molecule has 0 bridgehead atoms. The molecule has 4 rings (SSSR count). The van der Waals surface area contributed by atoms with E-state index < -0.39 is 53.8 Å². The molecule has 0 atom stereocenters. The monoisotopic (exact) mass is 645 g/mol. The summed E-state index contributed by atoms with van der Waals surface area (Å²) in [5.41, 5.74) is 0.109. The minimum absolute atomic E-state index is 0.0448. The third-order valence-electron chi connectivity index (χ3n) is 5.73. The normalized spacial score (nSPS) is 12.0. The maximum absolute atomic E-state index is 15.1. The summed E-state index contributed by atoms with van der Waals surface area (Å²) < 4.78 is 64.7. The van der Waals surface area contributed by atoms with Gasteiger partial charge in [0.1, 0.15) is 23.4 Å². The number of amides is 4. The van der Waals surface area contributed by atoms with Crippen LogP contribution in [0.2, 0.25) is 0 Å². The van der Waals surface area contributed by atoms with Crippen LogP contribution in [0.15, 0.2) is 55.0 Å². The highest BCUT2D eigenvalue weighted by Gasteiger charge is 2.36. The number of urea groups is 1. The Hall–Kier alpha value is -5.28. The van der Waals surface area contributed by atoms with Crippen molar-refractivity contribution >= 4 is 35.4 Å². The summed E-state index contributed by atoms with van der Waals surface area (Å²) in [5.74, 6) is -1.80. The van der Waals surface area contributed by atoms with E-state index in [2.05, 4.69) is 20.3 Å². The fourth-order valence-corrected chi connectivity index (χ4v) is 3.96. The number of aromatic nitrogens is 4. The minimum Gasteiger partial charge on any atom is -0.443 e. The van der Waals surface area contributed by atoms with Gasteiger partial charge in [-0.15, -0.1) is 0 Å². The highest BCUT2D eigenvalue weighted by Crippen LogP contribution is 2.28. The Bertz CT molecular complexity index is 1750. The lowest BCUT2D eigenvalue weighted by Gasteiger charge is -2.28. The predicted octanol–water partition coefficient (Wildman–Crippen LogP) is 6.96. The standard InChI is InChI=1S/C30H31F4N7O5/c1-28(2,3)45-26(43)41(27(44)46-29(4,5)6)24-20(31)14-36-23(39-24)18-10-11-40-21(15-35-22(40)13-18)17-8-7-9-19(12-17)38-25(42)37-16-30(32,33)34/h7-15H,16H2,1-6H3,(H2,37,38,42). The van der Waals surface area contributed by atoms with E-state index in [9.17, 15) is 27.6 Å². The Balaban J connectivity index is 1.65. The van der Waals surface area contributed by atoms with E-state index in [0.29, 0.717) is 27.4 Å². The molecule has 1 aromatic carbocycles. The first kappa shape index (κ1) is 33.6. The number of ether oxygens (including phenoxy) is 2. The van der Waals surface area contributed by atoms with Crippen LogP contribution in [0, 0.1) is 5.82 Å². The summed E-state index contributed by atoms with van der Waals surface area (Å²) in [5, 5.41) is 4.10. The maximum Gasteiger partial charge on any atom is 0.425 e. The third kappa shape index (κ3) is 8.67. The van der Waals surface area contributed by atoms with Crippen LogP contribution in [0.3, 0.4) is 0 Å². The first-order chi connectivity index (χ1) is 21.3. The summed E-state index contributed by atoms with van der Waals surface area (Å²) in [6.45, 7) is 8.00. The Morgan fingerprint density at radius 1 is 0.891 bits per heavy atom. The SMILES string of the molecule is CC(C)(C)OC(=O)N(C(=O)OC(C)(C)C)c1nc(-c2ccn3c(-c4cccc(NC(=O)NCC(F)(F)F)c4)cnc3c2)ncc1F. The number of imidazole rings is 1. The van der Waals surface area contributed by atoms with Crippen LogP contribution in [0.1, 0.15) is 41.5 Å². The predicted molar refractivity (Wildman–Crippen MR) is 160 cm³/mol. The van der Waals surface area contributed by atoms with Gasteiger partial charge < -0.3 is 20.1 Å². The maximum atomic E-state index is 15.1. The molecule has 0 saturated carbocycles. The average Bonchev–Trinajstić information content (AvgIpc) is 3.34. The largest absolute Gasteiger partial charge is 0.443 e. The number of nitrogens with zero attached hydrogens (tertiary/aromatic N) is 5. The number of imide groups is 1. The number of halogens is 4. The fourth-order valence-electron chi connectivity index (χ4n) is 3.96. The highest BCUT2D eigenvalue weighted by atomic mass is 19.4. The van der Waals surface area contributed by atoms with Crippen LogP contribution < -0.4 is 15.5 Å². The van der Waals surface area contributed by atoms with Crippen LogP contribution >= 0.6 is 0 Å². The summed E-state index contributed by atoms with van der Waals surface area (Å²) in [4.78, 5) is 50.9. The first-order valence-electron chi connectivity index (χ1n) is 13.8. The van der Waals surface area contributed by atoms with Crippen LogP contribution in [-0.2, 0) is 9.47 Å². The molecule has 0 aliphatic rings. The van der Waals surface area contributed by atoms with Crippen molar-refractivity contribution in [2.24, 2.45) is 0 Å². The van der Waals surface area contributed by atoms with Gasteiger partial charge in [0.2, 0.25) is 0 Å². The van der Waals surface area contributed by atoms with Gasteiger partial charge in [-0.1, -0.05) is 12.1 Å². The quantitative estimate of drug-likeness (QED) is 0.222. The van der Waals surface area contributed by atoms with Gasteiger partial charge in [-0.25, -0.2) is 33.7 Å². The molecule has 0 aliphatic heterocycles. The van der Waals surface area contributed by atoms with Gasteiger partial charge >= 0.3 is 24.4 Å². The number of carbonyl (C=O) groups is 3. The number of rotatable bonds is 5. The number of hydrogen-bond acceptors (Lipinski definition) is 8. The smallest absolute Gasteiger partial charge is 0.425 e. The number of anilines is 2. The van der Waals surface area contributed by atoms with Crippen molar-refractivity contribution in [1.82, 2.24) is 24.7 Å². The number of benzene rings is 1. The minimum atomic E-state index is -4.55. The zero-order valence-corrected chi connectivity index (χ0v) is 25.7. The van der Waals surface area contributed by atoms with E-state index in [0.717, 1.165) is 6.20 Å². The molecule has 0 radical (unpaired) electrons. The van der Waals surface area contributed by atoms with Crippen LogP contribution in [0.5, 0.6) is 0 Å². The molecule has 4 amide bonds. The molecular weight excluding hydrogens is 614 g/mol. The molecule has 16 heteroatoms. The fraction of sp³-hybridized carbons (Fsp3) is 0.333. The number of alkyl halides is 3. The van der Waals surface area contributed by atoms with E-state index in [1.54, 1.807) is 87.8 Å². The Morgan fingerprint density at radius 2 is 1.54 bits per heavy atom. The lowest BCUT2D eigenvalue weighted by atomic mass is 10.1. The van der Waals surface area contributed by atoms with Crippen molar-refractivity contribution in [3.05, 3.63) is 60.8 Å². The first-order valence-corrected chi connectivity index (χ1v) is 13.8. The molecule has 0 aliphatic carbocycles. The lowest BCUT2D eigenvalue weighted by molar-refractivity contribution is -0.122. The van der Waals surface area contributed by atoms with Crippen molar-refractivity contribution in [3.63, 3.8) is 0 Å². The molecule has 2 N–H and O–H groups in total. The second kappa shape index (κ2) is 12.6. The zero-order valence-electron chi connectivity index (χ0n) is 25.7. The molecule has 0 saturated heterocycles. The second-order valence-electron chi connectivity index (χ2n) is 12.0. The average molecular weight is 646 g/mol. The zero-order chi connectivity index (χ0) is 34.0. The van der Waals surface area contributed by atoms with Gasteiger partial charge in [-0.05, 0) is 65.8 Å². The number of nitrogens with one attached hydrogen (secondary N) is 2. The van der Waals surface area contributed by atoms with Gasteiger partial charge in [0.05, 0.1) is 18.1 Å². The molecular formula is C30H31F4N7O5. The third-order valence-corrected chi connectivity index (χ3v) is 5.73. The molecule has 244 valence electrons. The van der Waals surface area contributed by atoms with E-state index >= 15 is 4.39 Å². The summed E-state index contributed by atoms with van der Waals surface area (Å²) in [7, 11) is 0. The molecule has 3 aromatic heterocycles. The summed E-state index contributed by atoms with van der Waals surface area (Å²) >= 11 is 0. The Morgan fingerprint density at radius 3 is 2.15 bits per heavy atom. The summed E-state index contributed by atoms with van der Waals surface area (Å²) in [6, 6.07) is 8.55.